The summed E-state index contributed by atoms with van der Waals surface area (Å²) in [5.41, 5.74) is 0. The van der Waals surface area contributed by atoms with Crippen LogP contribution < -0.4 is 5.32 Å². The van der Waals surface area contributed by atoms with Gasteiger partial charge in [0.2, 0.25) is 5.24 Å². The van der Waals surface area contributed by atoms with Crippen LogP contribution in [0.1, 0.15) is 19.3 Å². The lowest BCUT2D eigenvalue weighted by atomic mass is 10.2. The molecule has 1 rings (SSSR count). The lowest BCUT2D eigenvalue weighted by Gasteiger charge is -2.03. The van der Waals surface area contributed by atoms with Crippen molar-refractivity contribution in [3.05, 3.63) is 0 Å². The van der Waals surface area contributed by atoms with Crippen molar-refractivity contribution in [2.45, 2.75) is 25.3 Å². The molecule has 0 bridgehead atoms. The van der Waals surface area contributed by atoms with E-state index in [1.807, 2.05) is 0 Å². The molecule has 1 atom stereocenters. The monoisotopic (exact) mass is 183 g/mol. The first-order valence-corrected chi connectivity index (χ1v) is 3.58. The molecule has 10 heavy (non-hydrogen) atoms. The molecule has 0 amide bonds. The van der Waals surface area contributed by atoms with E-state index in [0.29, 0.717) is 12.5 Å². The van der Waals surface area contributed by atoms with Crippen molar-refractivity contribution in [1.82, 2.24) is 5.32 Å². The lowest BCUT2D eigenvalue weighted by molar-refractivity contribution is -0.112. The third-order valence-electron chi connectivity index (χ3n) is 1.57. The summed E-state index contributed by atoms with van der Waals surface area (Å²) in [6, 6.07) is 0.356. The zero-order valence-corrected chi connectivity index (χ0v) is 7.17. The molecule has 1 aliphatic rings. The van der Waals surface area contributed by atoms with E-state index in [2.05, 4.69) is 5.32 Å². The molecule has 0 saturated carbocycles. The number of halogens is 2. The first-order valence-electron chi connectivity index (χ1n) is 3.21. The van der Waals surface area contributed by atoms with Gasteiger partial charge in [0, 0.05) is 12.5 Å². The molecule has 4 heteroatoms. The Morgan fingerprint density at radius 1 is 1.70 bits per heavy atom. The van der Waals surface area contributed by atoms with E-state index in [1.165, 1.54) is 6.42 Å². The molecule has 1 N–H and O–H groups in total. The van der Waals surface area contributed by atoms with Gasteiger partial charge in [-0.15, -0.1) is 12.4 Å². The molecule has 1 aliphatic heterocycles. The molecule has 0 radical (unpaired) electrons. The van der Waals surface area contributed by atoms with Crippen molar-refractivity contribution >= 4 is 29.3 Å². The third kappa shape index (κ3) is 3.40. The van der Waals surface area contributed by atoms with Crippen molar-refractivity contribution in [2.75, 3.05) is 6.54 Å². The number of hydrogen-bond acceptors (Lipinski definition) is 2. The molecule has 1 unspecified atom stereocenters. The SMILES string of the molecule is Cl.O=C(Cl)CC1CCCN1. The number of carbonyl (C=O) groups is 1. The molecule has 0 aromatic carbocycles. The summed E-state index contributed by atoms with van der Waals surface area (Å²) < 4.78 is 0. The van der Waals surface area contributed by atoms with Gasteiger partial charge in [-0.25, -0.2) is 0 Å². The van der Waals surface area contributed by atoms with E-state index in [0.717, 1.165) is 13.0 Å². The Morgan fingerprint density at radius 3 is 2.80 bits per heavy atom. The van der Waals surface area contributed by atoms with E-state index in [1.54, 1.807) is 0 Å². The number of carbonyl (C=O) groups excluding carboxylic acids is 1. The Balaban J connectivity index is 0.000000810. The fraction of sp³-hybridized carbons (Fsp3) is 0.833. The quantitative estimate of drug-likeness (QED) is 0.655. The lowest BCUT2D eigenvalue weighted by Crippen LogP contribution is -2.22. The maximum absolute atomic E-state index is 10.3. The predicted octanol–water partition coefficient (Wildman–Crippen LogP) is 1.32. The normalized spacial score (nSPS) is 23.9. The highest BCUT2D eigenvalue weighted by molar-refractivity contribution is 6.63. The Hall–Kier alpha value is 0.210. The second-order valence-corrected chi connectivity index (χ2v) is 2.77. The summed E-state index contributed by atoms with van der Waals surface area (Å²) in [4.78, 5) is 10.3. The van der Waals surface area contributed by atoms with Gasteiger partial charge in [0.05, 0.1) is 0 Å². The van der Waals surface area contributed by atoms with Crippen LogP contribution in [0.5, 0.6) is 0 Å². The summed E-state index contributed by atoms with van der Waals surface area (Å²) in [5.74, 6) is 0. The molecule has 0 aromatic heterocycles. The van der Waals surface area contributed by atoms with Crippen molar-refractivity contribution < 1.29 is 4.79 Å². The molecule has 0 aromatic rings. The first kappa shape index (κ1) is 10.2. The van der Waals surface area contributed by atoms with E-state index in [-0.39, 0.29) is 17.6 Å². The van der Waals surface area contributed by atoms with Crippen LogP contribution in [0.25, 0.3) is 0 Å². The molecule has 0 spiro atoms. The van der Waals surface area contributed by atoms with Crippen molar-refractivity contribution in [3.63, 3.8) is 0 Å². The Bertz CT molecular complexity index is 112. The van der Waals surface area contributed by atoms with Gasteiger partial charge >= 0.3 is 0 Å². The number of hydrogen-bond donors (Lipinski definition) is 1. The largest absolute Gasteiger partial charge is 0.313 e. The molecular formula is C6H11Cl2NO. The Kier molecular flexibility index (Phi) is 5.04. The van der Waals surface area contributed by atoms with E-state index < -0.39 is 0 Å². The second kappa shape index (κ2) is 4.94. The summed E-state index contributed by atoms with van der Waals surface area (Å²) in [5, 5.41) is 2.96. The van der Waals surface area contributed by atoms with Crippen LogP contribution in [-0.4, -0.2) is 17.8 Å². The highest BCUT2D eigenvalue weighted by Crippen LogP contribution is 2.09. The Morgan fingerprint density at radius 2 is 2.40 bits per heavy atom. The summed E-state index contributed by atoms with van der Waals surface area (Å²) in [6.07, 6.45) is 2.76. The van der Waals surface area contributed by atoms with Crippen LogP contribution >= 0.6 is 24.0 Å². The molecule has 1 saturated heterocycles. The minimum atomic E-state index is -0.227. The molecule has 60 valence electrons. The minimum absolute atomic E-state index is 0. The average molecular weight is 184 g/mol. The van der Waals surface area contributed by atoms with Gasteiger partial charge in [-0.2, -0.15) is 0 Å². The minimum Gasteiger partial charge on any atom is -0.313 e. The summed E-state index contributed by atoms with van der Waals surface area (Å²) in [6.45, 7) is 1.04. The van der Waals surface area contributed by atoms with Gasteiger partial charge in [0.25, 0.3) is 0 Å². The molecule has 2 nitrogen and oxygen atoms in total. The number of rotatable bonds is 2. The summed E-state index contributed by atoms with van der Waals surface area (Å²) >= 11 is 5.18. The van der Waals surface area contributed by atoms with Crippen molar-refractivity contribution in [1.29, 1.82) is 0 Å². The fourth-order valence-electron chi connectivity index (χ4n) is 1.12. The molecule has 1 heterocycles. The maximum atomic E-state index is 10.3. The zero-order valence-electron chi connectivity index (χ0n) is 5.60. The molecule has 1 fully saturated rings. The van der Waals surface area contributed by atoms with E-state index >= 15 is 0 Å². The van der Waals surface area contributed by atoms with Crippen LogP contribution in [0.2, 0.25) is 0 Å². The number of nitrogens with one attached hydrogen (secondary N) is 1. The van der Waals surface area contributed by atoms with Crippen molar-refractivity contribution in [3.8, 4) is 0 Å². The van der Waals surface area contributed by atoms with E-state index in [4.69, 9.17) is 11.6 Å². The summed E-state index contributed by atoms with van der Waals surface area (Å²) in [7, 11) is 0. The first-order chi connectivity index (χ1) is 4.29. The zero-order chi connectivity index (χ0) is 6.69. The van der Waals surface area contributed by atoms with Gasteiger partial charge in [0.15, 0.2) is 0 Å². The predicted molar refractivity (Wildman–Crippen MR) is 43.7 cm³/mol. The van der Waals surface area contributed by atoms with Gasteiger partial charge < -0.3 is 5.32 Å². The third-order valence-corrected chi connectivity index (χ3v) is 1.72. The van der Waals surface area contributed by atoms with Crippen LogP contribution in [0.4, 0.5) is 0 Å². The van der Waals surface area contributed by atoms with Gasteiger partial charge in [-0.3, -0.25) is 4.79 Å². The second-order valence-electron chi connectivity index (χ2n) is 2.35. The van der Waals surface area contributed by atoms with Gasteiger partial charge in [0.1, 0.15) is 0 Å². The van der Waals surface area contributed by atoms with Crippen LogP contribution in [0.15, 0.2) is 0 Å². The Labute approximate surface area is 71.7 Å². The highest BCUT2D eigenvalue weighted by atomic mass is 35.5. The van der Waals surface area contributed by atoms with Crippen LogP contribution in [0.3, 0.4) is 0 Å². The maximum Gasteiger partial charge on any atom is 0.223 e. The average Bonchev–Trinajstić information content (AvgIpc) is 2.15. The van der Waals surface area contributed by atoms with Gasteiger partial charge in [-0.1, -0.05) is 0 Å². The smallest absolute Gasteiger partial charge is 0.223 e. The highest BCUT2D eigenvalue weighted by Gasteiger charge is 2.15. The van der Waals surface area contributed by atoms with Crippen LogP contribution in [0, 0.1) is 0 Å². The molecular weight excluding hydrogens is 173 g/mol. The van der Waals surface area contributed by atoms with Crippen molar-refractivity contribution in [2.24, 2.45) is 0 Å². The van der Waals surface area contributed by atoms with Crippen LogP contribution in [-0.2, 0) is 4.79 Å². The van der Waals surface area contributed by atoms with Gasteiger partial charge in [-0.05, 0) is 31.0 Å². The standard InChI is InChI=1S/C6H10ClNO.ClH/c7-6(9)4-5-2-1-3-8-5;/h5,8H,1-4H2;1H. The molecule has 0 aliphatic carbocycles. The van der Waals surface area contributed by atoms with E-state index in [9.17, 15) is 4.79 Å². The topological polar surface area (TPSA) is 29.1 Å². The fourth-order valence-corrected chi connectivity index (χ4v) is 1.31.